The third-order valence-electron chi connectivity index (χ3n) is 6.48. The number of phenolic OH excluding ortho intramolecular Hbond substituents is 1. The third kappa shape index (κ3) is 9.69. The van der Waals surface area contributed by atoms with E-state index in [0.29, 0.717) is 12.0 Å². The topological polar surface area (TPSA) is 191 Å². The second kappa shape index (κ2) is 14.8. The standard InChI is InChI=1S/C28H38N4O7/c1-4-16(2)23(28(38)39)31-27(37)24(17(3)33)32-26(36)22(15-18-8-6-5-7-9-18)30-25(35)21(29)14-19-10-12-20(34)13-11-19/h5-13,16-17,21-24,33-34H,4,14-15,29H2,1-3H3,(H,30,35)(H,31,37)(H,32,36)(H,38,39). The summed E-state index contributed by atoms with van der Waals surface area (Å²) in [5.74, 6) is -3.77. The van der Waals surface area contributed by atoms with Gasteiger partial charge in [-0.05, 0) is 42.5 Å². The Morgan fingerprint density at radius 1 is 0.795 bits per heavy atom. The maximum Gasteiger partial charge on any atom is 0.326 e. The molecule has 0 fully saturated rings. The Morgan fingerprint density at radius 3 is 1.90 bits per heavy atom. The first kappa shape index (κ1) is 31.3. The Kier molecular flexibility index (Phi) is 11.9. The Hall–Kier alpha value is -3.96. The number of nitrogens with two attached hydrogens (primary N) is 1. The lowest BCUT2D eigenvalue weighted by molar-refractivity contribution is -0.144. The molecule has 0 saturated carbocycles. The van der Waals surface area contributed by atoms with Gasteiger partial charge in [-0.1, -0.05) is 62.7 Å². The van der Waals surface area contributed by atoms with Crippen molar-refractivity contribution in [3.8, 4) is 5.75 Å². The van der Waals surface area contributed by atoms with E-state index in [2.05, 4.69) is 16.0 Å². The summed E-state index contributed by atoms with van der Waals surface area (Å²) < 4.78 is 0. The fourth-order valence-corrected chi connectivity index (χ4v) is 3.90. The predicted octanol–water partition coefficient (Wildman–Crippen LogP) is 0.471. The normalized spacial score (nSPS) is 15.6. The molecule has 2 rings (SSSR count). The van der Waals surface area contributed by atoms with Crippen molar-refractivity contribution in [3.05, 3.63) is 65.7 Å². The molecule has 212 valence electrons. The quantitative estimate of drug-likeness (QED) is 0.179. The van der Waals surface area contributed by atoms with E-state index in [0.717, 1.165) is 5.56 Å². The molecular formula is C28H38N4O7. The van der Waals surface area contributed by atoms with Gasteiger partial charge in [-0.25, -0.2) is 4.79 Å². The molecule has 39 heavy (non-hydrogen) atoms. The minimum Gasteiger partial charge on any atom is -0.508 e. The van der Waals surface area contributed by atoms with E-state index >= 15 is 0 Å². The molecule has 0 spiro atoms. The molecule has 6 atom stereocenters. The molecule has 0 bridgehead atoms. The average molecular weight is 543 g/mol. The van der Waals surface area contributed by atoms with E-state index < -0.39 is 59.9 Å². The summed E-state index contributed by atoms with van der Waals surface area (Å²) in [6, 6.07) is 10.3. The zero-order valence-corrected chi connectivity index (χ0v) is 22.3. The van der Waals surface area contributed by atoms with Gasteiger partial charge < -0.3 is 37.0 Å². The Balaban J connectivity index is 2.20. The number of aliphatic hydroxyl groups is 1. The molecule has 6 unspecified atom stereocenters. The summed E-state index contributed by atoms with van der Waals surface area (Å²) in [5, 5.41) is 36.7. The Bertz CT molecular complexity index is 1110. The van der Waals surface area contributed by atoms with Gasteiger partial charge >= 0.3 is 5.97 Å². The molecule has 0 aliphatic heterocycles. The second-order valence-corrected chi connectivity index (χ2v) is 9.66. The van der Waals surface area contributed by atoms with Crippen molar-refractivity contribution in [2.45, 2.75) is 70.3 Å². The number of carboxylic acids is 1. The number of carbonyl (C=O) groups excluding carboxylic acids is 3. The van der Waals surface area contributed by atoms with Gasteiger partial charge in [0.2, 0.25) is 17.7 Å². The van der Waals surface area contributed by atoms with Crippen LogP contribution in [0.3, 0.4) is 0 Å². The van der Waals surface area contributed by atoms with E-state index in [4.69, 9.17) is 5.73 Å². The molecule has 11 heteroatoms. The zero-order valence-electron chi connectivity index (χ0n) is 22.3. The lowest BCUT2D eigenvalue weighted by atomic mass is 9.98. The molecule has 3 amide bonds. The van der Waals surface area contributed by atoms with Gasteiger partial charge in [0, 0.05) is 6.42 Å². The Morgan fingerprint density at radius 2 is 1.36 bits per heavy atom. The summed E-state index contributed by atoms with van der Waals surface area (Å²) in [6.07, 6.45) is -0.650. The van der Waals surface area contributed by atoms with E-state index in [1.54, 1.807) is 56.3 Å². The molecule has 0 aliphatic rings. The summed E-state index contributed by atoms with van der Waals surface area (Å²) in [5.41, 5.74) is 7.52. The smallest absolute Gasteiger partial charge is 0.326 e. The number of rotatable bonds is 14. The molecule has 11 nitrogen and oxygen atoms in total. The summed E-state index contributed by atoms with van der Waals surface area (Å²) in [6.45, 7) is 4.74. The summed E-state index contributed by atoms with van der Waals surface area (Å²) >= 11 is 0. The van der Waals surface area contributed by atoms with Crippen LogP contribution in [0.15, 0.2) is 54.6 Å². The molecule has 0 saturated heterocycles. The zero-order chi connectivity index (χ0) is 29.1. The van der Waals surface area contributed by atoms with Gasteiger partial charge in [-0.2, -0.15) is 0 Å². The van der Waals surface area contributed by atoms with E-state index in [9.17, 15) is 34.5 Å². The molecule has 2 aromatic rings. The van der Waals surface area contributed by atoms with Crippen LogP contribution >= 0.6 is 0 Å². The van der Waals surface area contributed by atoms with Crippen molar-refractivity contribution < 1.29 is 34.5 Å². The Labute approximate surface area is 227 Å². The monoisotopic (exact) mass is 542 g/mol. The van der Waals surface area contributed by atoms with Gasteiger partial charge in [0.05, 0.1) is 12.1 Å². The average Bonchev–Trinajstić information content (AvgIpc) is 2.90. The van der Waals surface area contributed by atoms with Gasteiger partial charge in [0.1, 0.15) is 23.9 Å². The van der Waals surface area contributed by atoms with Crippen LogP contribution in [0.2, 0.25) is 0 Å². The number of carboxylic acid groups (broad SMARTS) is 1. The third-order valence-corrected chi connectivity index (χ3v) is 6.48. The van der Waals surface area contributed by atoms with Gasteiger partial charge in [0.15, 0.2) is 0 Å². The highest BCUT2D eigenvalue weighted by Gasteiger charge is 2.34. The lowest BCUT2D eigenvalue weighted by Gasteiger charge is -2.28. The maximum absolute atomic E-state index is 13.3. The highest BCUT2D eigenvalue weighted by molar-refractivity contribution is 5.94. The molecule has 0 heterocycles. The second-order valence-electron chi connectivity index (χ2n) is 9.66. The molecule has 0 aliphatic carbocycles. The highest BCUT2D eigenvalue weighted by atomic mass is 16.4. The van der Waals surface area contributed by atoms with Crippen LogP contribution in [-0.4, -0.2) is 69.3 Å². The molecule has 0 radical (unpaired) electrons. The number of aliphatic carboxylic acids is 1. The number of aromatic hydroxyl groups is 1. The van der Waals surface area contributed by atoms with Gasteiger partial charge in [-0.15, -0.1) is 0 Å². The highest BCUT2D eigenvalue weighted by Crippen LogP contribution is 2.12. The molecule has 2 aromatic carbocycles. The maximum atomic E-state index is 13.3. The number of aliphatic hydroxyl groups excluding tert-OH is 1. The van der Waals surface area contributed by atoms with Crippen LogP contribution in [-0.2, 0) is 32.0 Å². The van der Waals surface area contributed by atoms with E-state index in [1.165, 1.54) is 19.1 Å². The van der Waals surface area contributed by atoms with Crippen molar-refractivity contribution in [2.24, 2.45) is 11.7 Å². The molecule has 0 aromatic heterocycles. The lowest BCUT2D eigenvalue weighted by Crippen LogP contribution is -2.60. The number of carbonyl (C=O) groups is 4. The largest absolute Gasteiger partial charge is 0.508 e. The van der Waals surface area contributed by atoms with Crippen LogP contribution in [0.5, 0.6) is 5.75 Å². The number of hydrogen-bond acceptors (Lipinski definition) is 7. The van der Waals surface area contributed by atoms with Crippen molar-refractivity contribution in [3.63, 3.8) is 0 Å². The van der Waals surface area contributed by atoms with E-state index in [1.807, 2.05) is 0 Å². The first-order valence-electron chi connectivity index (χ1n) is 12.8. The number of amides is 3. The number of phenols is 1. The number of hydrogen-bond donors (Lipinski definition) is 7. The SMILES string of the molecule is CCC(C)C(NC(=O)C(NC(=O)C(Cc1ccccc1)NC(=O)C(N)Cc1ccc(O)cc1)C(C)O)C(=O)O. The summed E-state index contributed by atoms with van der Waals surface area (Å²) in [4.78, 5) is 50.8. The van der Waals surface area contributed by atoms with E-state index in [-0.39, 0.29) is 18.6 Å². The number of nitrogens with one attached hydrogen (secondary N) is 3. The van der Waals surface area contributed by atoms with Gasteiger partial charge in [-0.3, -0.25) is 14.4 Å². The van der Waals surface area contributed by atoms with Crippen LogP contribution in [0, 0.1) is 5.92 Å². The minimum atomic E-state index is -1.47. The van der Waals surface area contributed by atoms with Crippen LogP contribution in [0.4, 0.5) is 0 Å². The molecule has 8 N–H and O–H groups in total. The van der Waals surface area contributed by atoms with Crippen molar-refractivity contribution in [2.75, 3.05) is 0 Å². The predicted molar refractivity (Wildman–Crippen MR) is 144 cm³/mol. The first-order valence-corrected chi connectivity index (χ1v) is 12.8. The fourth-order valence-electron chi connectivity index (χ4n) is 3.90. The van der Waals surface area contributed by atoms with Crippen molar-refractivity contribution >= 4 is 23.7 Å². The van der Waals surface area contributed by atoms with Crippen molar-refractivity contribution in [1.82, 2.24) is 16.0 Å². The van der Waals surface area contributed by atoms with Crippen LogP contribution in [0.1, 0.15) is 38.3 Å². The first-order chi connectivity index (χ1) is 18.4. The molecular weight excluding hydrogens is 504 g/mol. The summed E-state index contributed by atoms with van der Waals surface area (Å²) in [7, 11) is 0. The van der Waals surface area contributed by atoms with Crippen molar-refractivity contribution in [1.29, 1.82) is 0 Å². The number of benzene rings is 2. The fraction of sp³-hybridized carbons (Fsp3) is 0.429. The van der Waals surface area contributed by atoms with Gasteiger partial charge in [0.25, 0.3) is 0 Å². The van der Waals surface area contributed by atoms with Crippen LogP contribution in [0.25, 0.3) is 0 Å². The van der Waals surface area contributed by atoms with Crippen LogP contribution < -0.4 is 21.7 Å². The minimum absolute atomic E-state index is 0.0725.